The Morgan fingerprint density at radius 2 is 2.00 bits per heavy atom. The monoisotopic (exact) mass is 184 g/mol. The van der Waals surface area contributed by atoms with Crippen molar-refractivity contribution in [3.63, 3.8) is 0 Å². The van der Waals surface area contributed by atoms with Crippen LogP contribution in [0.5, 0.6) is 5.75 Å². The van der Waals surface area contributed by atoms with Crippen molar-refractivity contribution in [1.29, 1.82) is 0 Å². The Balaban J connectivity index is 2.32. The first kappa shape index (κ1) is 7.90. The van der Waals surface area contributed by atoms with Crippen LogP contribution >= 0.6 is 11.6 Å². The van der Waals surface area contributed by atoms with Crippen molar-refractivity contribution in [2.24, 2.45) is 0 Å². The van der Waals surface area contributed by atoms with Gasteiger partial charge in [0.05, 0.1) is 6.10 Å². The highest BCUT2D eigenvalue weighted by Crippen LogP contribution is 2.42. The van der Waals surface area contributed by atoms with Crippen LogP contribution < -0.4 is 0 Å². The summed E-state index contributed by atoms with van der Waals surface area (Å²) in [7, 11) is 0. The van der Waals surface area contributed by atoms with E-state index >= 15 is 0 Å². The molecule has 1 aliphatic carbocycles. The summed E-state index contributed by atoms with van der Waals surface area (Å²) >= 11 is 5.73. The predicted octanol–water partition coefficient (Wildman–Crippen LogP) is 1.89. The van der Waals surface area contributed by atoms with Gasteiger partial charge in [-0.25, -0.2) is 0 Å². The lowest BCUT2D eigenvalue weighted by atomic mass is 10.1. The molecule has 2 unspecified atom stereocenters. The summed E-state index contributed by atoms with van der Waals surface area (Å²) in [6, 6.07) is 4.91. The van der Waals surface area contributed by atoms with Crippen molar-refractivity contribution in [3.8, 4) is 5.75 Å². The third kappa shape index (κ3) is 1.40. The molecule has 0 spiro atoms. The molecule has 2 N–H and O–H groups in total. The molecule has 0 aliphatic heterocycles. The number of benzene rings is 1. The molecule has 3 heteroatoms. The SMILES string of the molecule is Oc1cc(Cl)cc(C2CC2O)c1. The zero-order valence-corrected chi connectivity index (χ0v) is 7.12. The molecule has 0 bridgehead atoms. The molecule has 0 aromatic heterocycles. The fourth-order valence-electron chi connectivity index (χ4n) is 1.35. The molecule has 1 aromatic rings. The van der Waals surface area contributed by atoms with Crippen molar-refractivity contribution < 1.29 is 10.2 Å². The van der Waals surface area contributed by atoms with Gasteiger partial charge in [-0.05, 0) is 30.2 Å². The highest BCUT2D eigenvalue weighted by molar-refractivity contribution is 6.30. The molecule has 0 saturated heterocycles. The first-order chi connectivity index (χ1) is 5.66. The summed E-state index contributed by atoms with van der Waals surface area (Å²) in [5.74, 6) is 0.339. The Morgan fingerprint density at radius 3 is 2.50 bits per heavy atom. The minimum Gasteiger partial charge on any atom is -0.508 e. The first-order valence-corrected chi connectivity index (χ1v) is 4.22. The van der Waals surface area contributed by atoms with E-state index in [1.165, 1.54) is 6.07 Å². The van der Waals surface area contributed by atoms with E-state index in [1.807, 2.05) is 0 Å². The number of aliphatic hydroxyl groups is 1. The molecule has 12 heavy (non-hydrogen) atoms. The van der Waals surface area contributed by atoms with E-state index in [9.17, 15) is 5.11 Å². The van der Waals surface area contributed by atoms with Gasteiger partial charge in [0.25, 0.3) is 0 Å². The smallest absolute Gasteiger partial charge is 0.117 e. The fourth-order valence-corrected chi connectivity index (χ4v) is 1.59. The van der Waals surface area contributed by atoms with E-state index in [-0.39, 0.29) is 17.8 Å². The Labute approximate surface area is 75.4 Å². The summed E-state index contributed by atoms with van der Waals surface area (Å²) in [5, 5.41) is 18.8. The van der Waals surface area contributed by atoms with E-state index < -0.39 is 0 Å². The minimum atomic E-state index is -0.247. The van der Waals surface area contributed by atoms with E-state index in [4.69, 9.17) is 16.7 Å². The van der Waals surface area contributed by atoms with Crippen LogP contribution in [0, 0.1) is 0 Å². The van der Waals surface area contributed by atoms with Gasteiger partial charge in [0.1, 0.15) is 5.75 Å². The van der Waals surface area contributed by atoms with E-state index in [2.05, 4.69) is 0 Å². The number of aromatic hydroxyl groups is 1. The molecule has 1 aromatic carbocycles. The molecule has 1 saturated carbocycles. The van der Waals surface area contributed by atoms with Gasteiger partial charge in [-0.1, -0.05) is 11.6 Å². The minimum absolute atomic E-state index is 0.164. The molecule has 1 aliphatic rings. The van der Waals surface area contributed by atoms with E-state index in [0.717, 1.165) is 12.0 Å². The third-order valence-corrected chi connectivity index (χ3v) is 2.31. The van der Waals surface area contributed by atoms with Gasteiger partial charge in [0.15, 0.2) is 0 Å². The van der Waals surface area contributed by atoms with Crippen LogP contribution in [0.3, 0.4) is 0 Å². The van der Waals surface area contributed by atoms with Gasteiger partial charge in [-0.2, -0.15) is 0 Å². The zero-order chi connectivity index (χ0) is 8.72. The summed E-state index contributed by atoms with van der Waals surface area (Å²) in [4.78, 5) is 0. The lowest BCUT2D eigenvalue weighted by Gasteiger charge is -2.00. The molecule has 0 heterocycles. The maximum atomic E-state index is 9.19. The maximum Gasteiger partial charge on any atom is 0.117 e. The van der Waals surface area contributed by atoms with E-state index in [0.29, 0.717) is 5.02 Å². The number of aliphatic hydroxyl groups excluding tert-OH is 1. The number of hydrogen-bond acceptors (Lipinski definition) is 2. The van der Waals surface area contributed by atoms with Crippen LogP contribution in [-0.4, -0.2) is 16.3 Å². The molecule has 0 amide bonds. The first-order valence-electron chi connectivity index (χ1n) is 3.84. The zero-order valence-electron chi connectivity index (χ0n) is 6.37. The van der Waals surface area contributed by atoms with Crippen molar-refractivity contribution in [2.45, 2.75) is 18.4 Å². The Hall–Kier alpha value is -0.730. The Morgan fingerprint density at radius 1 is 1.33 bits per heavy atom. The van der Waals surface area contributed by atoms with Gasteiger partial charge in [-0.3, -0.25) is 0 Å². The highest BCUT2D eigenvalue weighted by atomic mass is 35.5. The number of halogens is 1. The van der Waals surface area contributed by atoms with Gasteiger partial charge in [-0.15, -0.1) is 0 Å². The lowest BCUT2D eigenvalue weighted by Crippen LogP contribution is -1.85. The molecule has 2 rings (SSSR count). The molecular weight excluding hydrogens is 176 g/mol. The van der Waals surface area contributed by atoms with Crippen LogP contribution in [0.1, 0.15) is 17.9 Å². The van der Waals surface area contributed by atoms with Gasteiger partial charge < -0.3 is 10.2 Å². The van der Waals surface area contributed by atoms with Crippen LogP contribution in [0.25, 0.3) is 0 Å². The second kappa shape index (κ2) is 2.64. The maximum absolute atomic E-state index is 9.19. The van der Waals surface area contributed by atoms with Crippen LogP contribution in [0.15, 0.2) is 18.2 Å². The van der Waals surface area contributed by atoms with E-state index in [1.54, 1.807) is 12.1 Å². The quantitative estimate of drug-likeness (QED) is 0.700. The van der Waals surface area contributed by atoms with Gasteiger partial charge in [0.2, 0.25) is 0 Å². The van der Waals surface area contributed by atoms with Crippen LogP contribution in [-0.2, 0) is 0 Å². The van der Waals surface area contributed by atoms with Crippen molar-refractivity contribution in [2.75, 3.05) is 0 Å². The molecule has 0 radical (unpaired) electrons. The lowest BCUT2D eigenvalue weighted by molar-refractivity contribution is 0.271. The molecule has 64 valence electrons. The number of hydrogen-bond donors (Lipinski definition) is 2. The summed E-state index contributed by atoms with van der Waals surface area (Å²) in [5.41, 5.74) is 0.924. The van der Waals surface area contributed by atoms with Crippen LogP contribution in [0.2, 0.25) is 5.02 Å². The molecular formula is C9H9ClO2. The second-order valence-corrected chi connectivity index (χ2v) is 3.59. The topological polar surface area (TPSA) is 40.5 Å². The molecule has 2 atom stereocenters. The predicted molar refractivity (Wildman–Crippen MR) is 46.5 cm³/mol. The Bertz CT molecular complexity index is 291. The molecule has 1 fully saturated rings. The average Bonchev–Trinajstić information content (AvgIpc) is 2.64. The van der Waals surface area contributed by atoms with Crippen molar-refractivity contribution >= 4 is 11.6 Å². The third-order valence-electron chi connectivity index (χ3n) is 2.09. The normalized spacial score (nSPS) is 27.2. The van der Waals surface area contributed by atoms with Crippen molar-refractivity contribution in [1.82, 2.24) is 0 Å². The number of phenolic OH excluding ortho intramolecular Hbond substituents is 1. The van der Waals surface area contributed by atoms with Crippen molar-refractivity contribution in [3.05, 3.63) is 28.8 Å². The standard InChI is InChI=1S/C9H9ClO2/c10-6-1-5(2-7(11)3-6)8-4-9(8)12/h1-3,8-9,11-12H,4H2. The second-order valence-electron chi connectivity index (χ2n) is 3.15. The number of rotatable bonds is 1. The Kier molecular flexibility index (Phi) is 1.74. The average molecular weight is 185 g/mol. The largest absolute Gasteiger partial charge is 0.508 e. The highest BCUT2D eigenvalue weighted by Gasteiger charge is 2.36. The molecule has 2 nitrogen and oxygen atoms in total. The van der Waals surface area contributed by atoms with Crippen LogP contribution in [0.4, 0.5) is 0 Å². The fraction of sp³-hybridized carbons (Fsp3) is 0.333. The van der Waals surface area contributed by atoms with Gasteiger partial charge in [0, 0.05) is 10.9 Å². The summed E-state index contributed by atoms with van der Waals surface area (Å²) < 4.78 is 0. The number of phenols is 1. The van der Waals surface area contributed by atoms with Gasteiger partial charge >= 0.3 is 0 Å². The summed E-state index contributed by atoms with van der Waals surface area (Å²) in [6.45, 7) is 0. The summed E-state index contributed by atoms with van der Waals surface area (Å²) in [6.07, 6.45) is 0.530.